The van der Waals surface area contributed by atoms with E-state index in [-0.39, 0.29) is 18.4 Å². The lowest BCUT2D eigenvalue weighted by atomic mass is 10.0. The average Bonchev–Trinajstić information content (AvgIpc) is 3.55. The van der Waals surface area contributed by atoms with Crippen LogP contribution in [0.4, 0.5) is 5.69 Å². The number of hydrogen-bond acceptors (Lipinski definition) is 5. The van der Waals surface area contributed by atoms with Gasteiger partial charge in [0, 0.05) is 11.2 Å². The van der Waals surface area contributed by atoms with Gasteiger partial charge in [0.2, 0.25) is 5.91 Å². The molecular formula is C26H31N3O4S. The number of nitrogens with zero attached hydrogens (tertiary/aromatic N) is 1. The van der Waals surface area contributed by atoms with E-state index in [1.807, 2.05) is 52.0 Å². The summed E-state index contributed by atoms with van der Waals surface area (Å²) in [7, 11) is 0. The molecule has 0 aliphatic rings. The molecule has 0 aliphatic carbocycles. The molecule has 3 rings (SSSR count). The molecule has 3 amide bonds. The van der Waals surface area contributed by atoms with E-state index in [0.717, 1.165) is 12.0 Å². The summed E-state index contributed by atoms with van der Waals surface area (Å²) < 4.78 is 5.61. The predicted molar refractivity (Wildman–Crippen MR) is 134 cm³/mol. The normalized spacial score (nSPS) is 12.1. The molecule has 3 aromatic rings. The van der Waals surface area contributed by atoms with Gasteiger partial charge in [-0.3, -0.25) is 19.3 Å². The highest BCUT2D eigenvalue weighted by molar-refractivity contribution is 7.12. The van der Waals surface area contributed by atoms with Gasteiger partial charge in [-0.2, -0.15) is 0 Å². The summed E-state index contributed by atoms with van der Waals surface area (Å²) in [6.07, 6.45) is 3.03. The summed E-state index contributed by atoms with van der Waals surface area (Å²) in [4.78, 5) is 41.4. The second-order valence-corrected chi connectivity index (χ2v) is 9.54. The Labute approximate surface area is 204 Å². The van der Waals surface area contributed by atoms with Gasteiger partial charge in [0.25, 0.3) is 11.8 Å². The van der Waals surface area contributed by atoms with Crippen molar-refractivity contribution in [2.45, 2.75) is 52.1 Å². The Kier molecular flexibility index (Phi) is 8.28. The molecule has 0 spiro atoms. The number of carbonyl (C=O) groups is 3. The van der Waals surface area contributed by atoms with Crippen LogP contribution in [-0.4, -0.2) is 29.8 Å². The molecule has 180 valence electrons. The number of nitrogens with one attached hydrogen (secondary N) is 2. The summed E-state index contributed by atoms with van der Waals surface area (Å²) >= 11 is 1.29. The van der Waals surface area contributed by atoms with Gasteiger partial charge in [-0.25, -0.2) is 0 Å². The quantitative estimate of drug-likeness (QED) is 0.439. The van der Waals surface area contributed by atoms with E-state index in [4.69, 9.17) is 4.42 Å². The van der Waals surface area contributed by atoms with Gasteiger partial charge in [-0.1, -0.05) is 32.0 Å². The second kappa shape index (κ2) is 11.2. The van der Waals surface area contributed by atoms with E-state index < -0.39 is 17.5 Å². The maximum atomic E-state index is 13.5. The zero-order chi connectivity index (χ0) is 24.7. The predicted octanol–water partition coefficient (Wildman–Crippen LogP) is 4.71. The molecular weight excluding hydrogens is 450 g/mol. The van der Waals surface area contributed by atoms with Crippen molar-refractivity contribution in [2.24, 2.45) is 0 Å². The standard InChI is InChI=1S/C26H31N3O4S/c1-5-18-11-13-19(14-12-18)29(22(30)17-27-24(31)21-10-8-16-34-21)23(20-9-7-15-33-20)25(32)28-26(3,4)6-2/h7-16,23H,5-6,17H2,1-4H3,(H,27,31)(H,28,32)/t23-/m1/s1. The number of benzene rings is 1. The maximum Gasteiger partial charge on any atom is 0.261 e. The van der Waals surface area contributed by atoms with E-state index in [0.29, 0.717) is 22.7 Å². The van der Waals surface area contributed by atoms with E-state index in [1.54, 1.807) is 29.6 Å². The van der Waals surface area contributed by atoms with Crippen LogP contribution in [0.15, 0.2) is 64.6 Å². The molecule has 2 N–H and O–H groups in total. The van der Waals surface area contributed by atoms with Crippen molar-refractivity contribution in [2.75, 3.05) is 11.4 Å². The minimum atomic E-state index is -1.04. The maximum absolute atomic E-state index is 13.5. The van der Waals surface area contributed by atoms with Crippen molar-refractivity contribution in [1.29, 1.82) is 0 Å². The largest absolute Gasteiger partial charge is 0.467 e. The Bertz CT molecular complexity index is 1090. The van der Waals surface area contributed by atoms with Gasteiger partial charge in [0.1, 0.15) is 5.76 Å². The van der Waals surface area contributed by atoms with Crippen molar-refractivity contribution >= 4 is 34.7 Å². The fourth-order valence-electron chi connectivity index (χ4n) is 3.38. The van der Waals surface area contributed by atoms with Crippen LogP contribution in [0.25, 0.3) is 0 Å². The van der Waals surface area contributed by atoms with E-state index in [1.165, 1.54) is 22.5 Å². The SMILES string of the molecule is CCc1ccc(N(C(=O)CNC(=O)c2cccs2)[C@@H](C(=O)NC(C)(C)CC)c2ccco2)cc1. The molecule has 0 saturated carbocycles. The third-order valence-electron chi connectivity index (χ3n) is 5.70. The van der Waals surface area contributed by atoms with Crippen LogP contribution >= 0.6 is 11.3 Å². The average molecular weight is 482 g/mol. The first-order chi connectivity index (χ1) is 16.3. The zero-order valence-corrected chi connectivity index (χ0v) is 20.8. The minimum absolute atomic E-state index is 0.270. The molecule has 0 radical (unpaired) electrons. The molecule has 0 unspecified atom stereocenters. The Morgan fingerprint density at radius 1 is 1.06 bits per heavy atom. The van der Waals surface area contributed by atoms with Crippen LogP contribution in [0.2, 0.25) is 0 Å². The smallest absolute Gasteiger partial charge is 0.261 e. The molecule has 0 fully saturated rings. The van der Waals surface area contributed by atoms with E-state index in [2.05, 4.69) is 10.6 Å². The summed E-state index contributed by atoms with van der Waals surface area (Å²) in [6.45, 7) is 7.60. The van der Waals surface area contributed by atoms with Crippen LogP contribution in [0, 0.1) is 0 Å². The Balaban J connectivity index is 1.97. The van der Waals surface area contributed by atoms with Gasteiger partial charge < -0.3 is 15.1 Å². The van der Waals surface area contributed by atoms with Gasteiger partial charge in [-0.05, 0) is 68.0 Å². The van der Waals surface area contributed by atoms with Gasteiger partial charge >= 0.3 is 0 Å². The summed E-state index contributed by atoms with van der Waals surface area (Å²) in [5.74, 6) is -0.794. The molecule has 0 bridgehead atoms. The Morgan fingerprint density at radius 3 is 2.35 bits per heavy atom. The minimum Gasteiger partial charge on any atom is -0.467 e. The number of furan rings is 1. The van der Waals surface area contributed by atoms with Crippen molar-refractivity contribution in [3.63, 3.8) is 0 Å². The number of aryl methyl sites for hydroxylation is 1. The molecule has 2 aromatic heterocycles. The topological polar surface area (TPSA) is 91.7 Å². The van der Waals surface area contributed by atoms with Crippen LogP contribution in [0.3, 0.4) is 0 Å². The third-order valence-corrected chi connectivity index (χ3v) is 6.57. The van der Waals surface area contributed by atoms with Gasteiger partial charge in [-0.15, -0.1) is 11.3 Å². The lowest BCUT2D eigenvalue weighted by molar-refractivity contribution is -0.128. The number of anilines is 1. The lowest BCUT2D eigenvalue weighted by Gasteiger charge is -2.33. The van der Waals surface area contributed by atoms with Crippen LogP contribution in [0.1, 0.15) is 61.2 Å². The molecule has 8 heteroatoms. The molecule has 0 saturated heterocycles. The fraction of sp³-hybridized carbons (Fsp3) is 0.346. The number of amides is 3. The van der Waals surface area contributed by atoms with Crippen LogP contribution in [-0.2, 0) is 16.0 Å². The third kappa shape index (κ3) is 6.14. The highest BCUT2D eigenvalue weighted by atomic mass is 32.1. The van der Waals surface area contributed by atoms with Crippen molar-refractivity contribution in [3.05, 3.63) is 76.4 Å². The Morgan fingerprint density at radius 2 is 1.79 bits per heavy atom. The number of thiophene rings is 1. The molecule has 0 aliphatic heterocycles. The first-order valence-corrected chi connectivity index (χ1v) is 12.2. The molecule has 7 nitrogen and oxygen atoms in total. The van der Waals surface area contributed by atoms with E-state index >= 15 is 0 Å². The number of hydrogen-bond donors (Lipinski definition) is 2. The highest BCUT2D eigenvalue weighted by Crippen LogP contribution is 2.29. The van der Waals surface area contributed by atoms with Crippen molar-refractivity contribution in [3.8, 4) is 0 Å². The summed E-state index contributed by atoms with van der Waals surface area (Å²) in [5, 5.41) is 7.50. The van der Waals surface area contributed by atoms with Crippen LogP contribution in [0.5, 0.6) is 0 Å². The molecule has 1 aromatic carbocycles. The number of rotatable bonds is 10. The summed E-state index contributed by atoms with van der Waals surface area (Å²) in [6, 6.07) is 13.3. The monoisotopic (exact) mass is 481 g/mol. The second-order valence-electron chi connectivity index (χ2n) is 8.59. The fourth-order valence-corrected chi connectivity index (χ4v) is 4.02. The molecule has 2 heterocycles. The molecule has 34 heavy (non-hydrogen) atoms. The highest BCUT2D eigenvalue weighted by Gasteiger charge is 2.36. The first kappa shape index (κ1) is 25.2. The van der Waals surface area contributed by atoms with E-state index in [9.17, 15) is 14.4 Å². The first-order valence-electron chi connectivity index (χ1n) is 11.3. The zero-order valence-electron chi connectivity index (χ0n) is 20.0. The lowest BCUT2D eigenvalue weighted by Crippen LogP contribution is -2.52. The Hall–Kier alpha value is -3.39. The van der Waals surface area contributed by atoms with Crippen molar-refractivity contribution < 1.29 is 18.8 Å². The summed E-state index contributed by atoms with van der Waals surface area (Å²) in [5.41, 5.74) is 1.17. The van der Waals surface area contributed by atoms with Gasteiger partial charge in [0.05, 0.1) is 17.7 Å². The van der Waals surface area contributed by atoms with Gasteiger partial charge in [0.15, 0.2) is 6.04 Å². The van der Waals surface area contributed by atoms with Crippen molar-refractivity contribution in [1.82, 2.24) is 10.6 Å². The van der Waals surface area contributed by atoms with Crippen LogP contribution < -0.4 is 15.5 Å². The number of carbonyl (C=O) groups excluding carboxylic acids is 3. The molecule has 1 atom stereocenters.